The lowest BCUT2D eigenvalue weighted by atomic mass is 10.1. The molecule has 100 valence electrons. The van der Waals surface area contributed by atoms with Gasteiger partial charge in [0.2, 0.25) is 0 Å². The second-order valence-corrected chi connectivity index (χ2v) is 5.25. The molecule has 6 heteroatoms. The van der Waals surface area contributed by atoms with Crippen molar-refractivity contribution in [3.05, 3.63) is 52.8 Å². The SMILES string of the molecule is NC(=O)c1cc(-c2cn3cc(Br)ccc3n2)ccc1O. The number of aromatic hydroxyl groups is 1. The van der Waals surface area contributed by atoms with Crippen molar-refractivity contribution in [2.24, 2.45) is 5.73 Å². The zero-order valence-electron chi connectivity index (χ0n) is 10.2. The predicted octanol–water partition coefficient (Wildman–Crippen LogP) is 2.57. The summed E-state index contributed by atoms with van der Waals surface area (Å²) in [7, 11) is 0. The molecule has 2 heterocycles. The molecule has 3 rings (SSSR count). The van der Waals surface area contributed by atoms with E-state index >= 15 is 0 Å². The summed E-state index contributed by atoms with van der Waals surface area (Å²) in [6.07, 6.45) is 3.73. The fourth-order valence-corrected chi connectivity index (χ4v) is 2.35. The van der Waals surface area contributed by atoms with E-state index in [1.165, 1.54) is 12.1 Å². The molecule has 20 heavy (non-hydrogen) atoms. The van der Waals surface area contributed by atoms with E-state index in [0.717, 1.165) is 15.7 Å². The van der Waals surface area contributed by atoms with E-state index in [4.69, 9.17) is 5.73 Å². The summed E-state index contributed by atoms with van der Waals surface area (Å²) < 4.78 is 2.81. The van der Waals surface area contributed by atoms with Crippen molar-refractivity contribution < 1.29 is 9.90 Å². The number of imidazole rings is 1. The van der Waals surface area contributed by atoms with Gasteiger partial charge in [-0.1, -0.05) is 0 Å². The molecule has 0 fully saturated rings. The summed E-state index contributed by atoms with van der Waals surface area (Å²) in [5.41, 5.74) is 7.52. The molecule has 1 amide bonds. The van der Waals surface area contributed by atoms with Gasteiger partial charge in [0.1, 0.15) is 11.4 Å². The second kappa shape index (κ2) is 4.64. The molecule has 0 aliphatic carbocycles. The Morgan fingerprint density at radius 3 is 2.80 bits per heavy atom. The van der Waals surface area contributed by atoms with Crippen LogP contribution in [0.2, 0.25) is 0 Å². The molecule has 2 aromatic heterocycles. The molecule has 3 aromatic rings. The standard InChI is InChI=1S/C14H10BrN3O2/c15-9-2-4-13-17-11(7-18(13)6-9)8-1-3-12(19)10(5-8)14(16)20/h1-7,19H,(H2,16,20). The van der Waals surface area contributed by atoms with Crippen LogP contribution in [0.5, 0.6) is 5.75 Å². The second-order valence-electron chi connectivity index (χ2n) is 4.34. The Bertz CT molecular complexity index is 826. The van der Waals surface area contributed by atoms with Crippen molar-refractivity contribution >= 4 is 27.5 Å². The van der Waals surface area contributed by atoms with Crippen LogP contribution in [0.25, 0.3) is 16.9 Å². The number of primary amides is 1. The lowest BCUT2D eigenvalue weighted by Gasteiger charge is -2.02. The minimum atomic E-state index is -0.671. The summed E-state index contributed by atoms with van der Waals surface area (Å²) in [4.78, 5) is 15.7. The average Bonchev–Trinajstić information content (AvgIpc) is 2.81. The van der Waals surface area contributed by atoms with Crippen LogP contribution in [0.3, 0.4) is 0 Å². The zero-order valence-corrected chi connectivity index (χ0v) is 11.8. The van der Waals surface area contributed by atoms with Gasteiger partial charge in [0, 0.05) is 22.4 Å². The maximum Gasteiger partial charge on any atom is 0.252 e. The Kier molecular flexibility index (Phi) is 2.94. The quantitative estimate of drug-likeness (QED) is 0.757. The first kappa shape index (κ1) is 12.7. The van der Waals surface area contributed by atoms with Gasteiger partial charge in [0.05, 0.1) is 11.3 Å². The number of phenols is 1. The number of nitrogens with zero attached hydrogens (tertiary/aromatic N) is 2. The first-order valence-corrected chi connectivity index (χ1v) is 6.61. The van der Waals surface area contributed by atoms with E-state index in [-0.39, 0.29) is 11.3 Å². The number of rotatable bonds is 2. The summed E-state index contributed by atoms with van der Waals surface area (Å²) >= 11 is 3.40. The molecule has 0 spiro atoms. The van der Waals surface area contributed by atoms with Crippen LogP contribution in [-0.4, -0.2) is 20.4 Å². The van der Waals surface area contributed by atoms with Gasteiger partial charge in [-0.25, -0.2) is 4.98 Å². The number of nitrogens with two attached hydrogens (primary N) is 1. The van der Waals surface area contributed by atoms with E-state index in [1.54, 1.807) is 6.07 Å². The third-order valence-electron chi connectivity index (χ3n) is 2.97. The Balaban J connectivity index is 2.15. The summed E-state index contributed by atoms with van der Waals surface area (Å²) in [5.74, 6) is -0.802. The molecule has 0 saturated carbocycles. The highest BCUT2D eigenvalue weighted by molar-refractivity contribution is 9.10. The largest absolute Gasteiger partial charge is 0.507 e. The summed E-state index contributed by atoms with van der Waals surface area (Å²) in [5, 5.41) is 9.60. The monoisotopic (exact) mass is 331 g/mol. The molecule has 0 aliphatic heterocycles. The van der Waals surface area contributed by atoms with Crippen LogP contribution in [-0.2, 0) is 0 Å². The van der Waals surface area contributed by atoms with Gasteiger partial charge in [0.15, 0.2) is 0 Å². The van der Waals surface area contributed by atoms with Gasteiger partial charge in [-0.2, -0.15) is 0 Å². The van der Waals surface area contributed by atoms with Crippen molar-refractivity contribution in [2.45, 2.75) is 0 Å². The first-order valence-electron chi connectivity index (χ1n) is 5.82. The van der Waals surface area contributed by atoms with Crippen LogP contribution in [0.1, 0.15) is 10.4 Å². The highest BCUT2D eigenvalue weighted by atomic mass is 79.9. The number of halogens is 1. The molecule has 0 atom stereocenters. The minimum absolute atomic E-state index is 0.0840. The van der Waals surface area contributed by atoms with Crippen molar-refractivity contribution in [3.63, 3.8) is 0 Å². The van der Waals surface area contributed by atoms with Gasteiger partial charge in [-0.3, -0.25) is 4.79 Å². The van der Waals surface area contributed by atoms with Gasteiger partial charge in [-0.05, 0) is 46.3 Å². The maximum absolute atomic E-state index is 11.3. The fraction of sp³-hybridized carbons (Fsp3) is 0. The number of hydrogen-bond donors (Lipinski definition) is 2. The van der Waals surface area contributed by atoms with Crippen molar-refractivity contribution in [1.29, 1.82) is 0 Å². The van der Waals surface area contributed by atoms with Crippen LogP contribution in [0, 0.1) is 0 Å². The highest BCUT2D eigenvalue weighted by Gasteiger charge is 2.11. The molecule has 1 aromatic carbocycles. The number of aromatic nitrogens is 2. The predicted molar refractivity (Wildman–Crippen MR) is 78.5 cm³/mol. The Morgan fingerprint density at radius 2 is 2.05 bits per heavy atom. The molecule has 0 radical (unpaired) electrons. The molecular weight excluding hydrogens is 322 g/mol. The van der Waals surface area contributed by atoms with E-state index in [9.17, 15) is 9.90 Å². The Hall–Kier alpha value is -2.34. The van der Waals surface area contributed by atoms with Gasteiger partial charge in [0.25, 0.3) is 5.91 Å². The minimum Gasteiger partial charge on any atom is -0.507 e. The Labute approximate surface area is 122 Å². The summed E-state index contributed by atoms with van der Waals surface area (Å²) in [6.45, 7) is 0. The fourth-order valence-electron chi connectivity index (χ4n) is 2.00. The van der Waals surface area contributed by atoms with E-state index in [0.29, 0.717) is 5.69 Å². The molecule has 0 aliphatic rings. The number of pyridine rings is 1. The van der Waals surface area contributed by atoms with Crippen molar-refractivity contribution in [1.82, 2.24) is 9.38 Å². The first-order chi connectivity index (χ1) is 9.54. The molecule has 5 nitrogen and oxygen atoms in total. The van der Waals surface area contributed by atoms with E-state index in [2.05, 4.69) is 20.9 Å². The van der Waals surface area contributed by atoms with Gasteiger partial charge in [-0.15, -0.1) is 0 Å². The zero-order chi connectivity index (χ0) is 14.3. The van der Waals surface area contributed by atoms with E-state index in [1.807, 2.05) is 28.9 Å². The van der Waals surface area contributed by atoms with Crippen LogP contribution < -0.4 is 5.73 Å². The molecule has 0 bridgehead atoms. The number of fused-ring (bicyclic) bond motifs is 1. The van der Waals surface area contributed by atoms with Gasteiger partial charge < -0.3 is 15.2 Å². The smallest absolute Gasteiger partial charge is 0.252 e. The molecular formula is C14H10BrN3O2. The number of carbonyl (C=O) groups is 1. The number of amides is 1. The molecule has 3 N–H and O–H groups in total. The third-order valence-corrected chi connectivity index (χ3v) is 3.44. The molecule has 0 unspecified atom stereocenters. The van der Waals surface area contributed by atoms with Crippen LogP contribution in [0.4, 0.5) is 0 Å². The lowest BCUT2D eigenvalue weighted by Crippen LogP contribution is -2.11. The maximum atomic E-state index is 11.3. The Morgan fingerprint density at radius 1 is 1.25 bits per heavy atom. The topological polar surface area (TPSA) is 80.6 Å². The lowest BCUT2D eigenvalue weighted by molar-refractivity contribution is 0.0998. The normalized spacial score (nSPS) is 10.8. The van der Waals surface area contributed by atoms with Gasteiger partial charge >= 0.3 is 0 Å². The van der Waals surface area contributed by atoms with Crippen molar-refractivity contribution in [3.8, 4) is 17.0 Å². The number of hydrogen-bond acceptors (Lipinski definition) is 3. The van der Waals surface area contributed by atoms with E-state index < -0.39 is 5.91 Å². The highest BCUT2D eigenvalue weighted by Crippen LogP contribution is 2.26. The summed E-state index contributed by atoms with van der Waals surface area (Å²) in [6, 6.07) is 8.45. The van der Waals surface area contributed by atoms with Crippen LogP contribution >= 0.6 is 15.9 Å². The van der Waals surface area contributed by atoms with Crippen molar-refractivity contribution in [2.75, 3.05) is 0 Å². The average molecular weight is 332 g/mol. The van der Waals surface area contributed by atoms with Crippen LogP contribution in [0.15, 0.2) is 47.2 Å². The number of carbonyl (C=O) groups excluding carboxylic acids is 1. The number of benzene rings is 1. The third kappa shape index (κ3) is 2.14. The molecule has 0 saturated heterocycles.